The van der Waals surface area contributed by atoms with Crippen molar-refractivity contribution in [3.63, 3.8) is 0 Å². The van der Waals surface area contributed by atoms with Crippen LogP contribution in [0.25, 0.3) is 0 Å². The van der Waals surface area contributed by atoms with Crippen LogP contribution in [0.15, 0.2) is 60.8 Å². The molecule has 1 aliphatic heterocycles. The Balaban J connectivity index is 1.26. The minimum atomic E-state index is -0.154. The standard InChI is InChI=1S/C24H25FN4/c25-21-8-4-5-9-23(21)28-12-14-29(15-13-28)24-26-17-20-16-19(10-11-22(20)27-24)18-6-2-1-3-7-18/h1-9,17,19H,10-16H2. The molecule has 0 N–H and O–H groups in total. The van der Waals surface area contributed by atoms with E-state index in [1.807, 2.05) is 18.3 Å². The molecule has 1 aliphatic carbocycles. The first-order valence-electron chi connectivity index (χ1n) is 10.4. The molecule has 0 bridgehead atoms. The van der Waals surface area contributed by atoms with Gasteiger partial charge in [-0.2, -0.15) is 0 Å². The molecule has 5 heteroatoms. The molecule has 2 aliphatic rings. The van der Waals surface area contributed by atoms with Gasteiger partial charge < -0.3 is 9.80 Å². The molecule has 148 valence electrons. The lowest BCUT2D eigenvalue weighted by molar-refractivity contribution is 0.565. The Morgan fingerprint density at radius 2 is 1.59 bits per heavy atom. The minimum Gasteiger partial charge on any atom is -0.366 e. The number of halogens is 1. The predicted molar refractivity (Wildman–Crippen MR) is 114 cm³/mol. The molecule has 5 rings (SSSR count). The maximum absolute atomic E-state index is 14.1. The summed E-state index contributed by atoms with van der Waals surface area (Å²) in [5, 5.41) is 0. The first-order valence-corrected chi connectivity index (χ1v) is 10.4. The van der Waals surface area contributed by atoms with E-state index in [1.165, 1.54) is 22.9 Å². The van der Waals surface area contributed by atoms with Crippen LogP contribution in [-0.4, -0.2) is 36.1 Å². The van der Waals surface area contributed by atoms with E-state index in [0.29, 0.717) is 11.6 Å². The quantitative estimate of drug-likeness (QED) is 0.673. The van der Waals surface area contributed by atoms with Gasteiger partial charge >= 0.3 is 0 Å². The molecule has 3 aromatic rings. The summed E-state index contributed by atoms with van der Waals surface area (Å²) in [7, 11) is 0. The second-order valence-corrected chi connectivity index (χ2v) is 7.92. The second kappa shape index (κ2) is 7.82. The topological polar surface area (TPSA) is 32.3 Å². The zero-order valence-corrected chi connectivity index (χ0v) is 16.5. The summed E-state index contributed by atoms with van der Waals surface area (Å²) in [4.78, 5) is 13.9. The summed E-state index contributed by atoms with van der Waals surface area (Å²) in [5.41, 5.74) is 4.56. The Morgan fingerprint density at radius 3 is 2.38 bits per heavy atom. The molecule has 0 amide bonds. The van der Waals surface area contributed by atoms with Crippen LogP contribution in [0.5, 0.6) is 0 Å². The number of benzene rings is 2. The zero-order chi connectivity index (χ0) is 19.6. The van der Waals surface area contributed by atoms with E-state index in [1.54, 1.807) is 6.07 Å². The molecule has 0 radical (unpaired) electrons. The van der Waals surface area contributed by atoms with Crippen molar-refractivity contribution in [2.75, 3.05) is 36.0 Å². The number of aryl methyl sites for hydroxylation is 1. The van der Waals surface area contributed by atoms with Crippen molar-refractivity contribution < 1.29 is 4.39 Å². The SMILES string of the molecule is Fc1ccccc1N1CCN(c2ncc3c(n2)CCC(c2ccccc2)C3)CC1. The predicted octanol–water partition coefficient (Wildman–Crippen LogP) is 4.21. The van der Waals surface area contributed by atoms with Gasteiger partial charge in [0.2, 0.25) is 5.95 Å². The maximum Gasteiger partial charge on any atom is 0.225 e. The van der Waals surface area contributed by atoms with Gasteiger partial charge in [0.15, 0.2) is 0 Å². The van der Waals surface area contributed by atoms with Crippen molar-refractivity contribution in [2.24, 2.45) is 0 Å². The third kappa shape index (κ3) is 3.69. The molecule has 0 saturated carbocycles. The van der Waals surface area contributed by atoms with E-state index >= 15 is 0 Å². The molecule has 1 aromatic heterocycles. The molecule has 2 aromatic carbocycles. The number of rotatable bonds is 3. The Morgan fingerprint density at radius 1 is 0.862 bits per heavy atom. The summed E-state index contributed by atoms with van der Waals surface area (Å²) in [6, 6.07) is 17.7. The highest BCUT2D eigenvalue weighted by Gasteiger charge is 2.25. The number of hydrogen-bond acceptors (Lipinski definition) is 4. The van der Waals surface area contributed by atoms with E-state index < -0.39 is 0 Å². The normalized spacial score (nSPS) is 19.1. The van der Waals surface area contributed by atoms with E-state index in [2.05, 4.69) is 45.1 Å². The lowest BCUT2D eigenvalue weighted by Gasteiger charge is -2.36. The van der Waals surface area contributed by atoms with Crippen LogP contribution in [0.2, 0.25) is 0 Å². The fourth-order valence-electron chi connectivity index (χ4n) is 4.51. The average molecular weight is 388 g/mol. The van der Waals surface area contributed by atoms with Gasteiger partial charge in [0.05, 0.1) is 5.69 Å². The lowest BCUT2D eigenvalue weighted by Crippen LogP contribution is -2.47. The van der Waals surface area contributed by atoms with Gasteiger partial charge in [-0.25, -0.2) is 14.4 Å². The van der Waals surface area contributed by atoms with Gasteiger partial charge in [0.25, 0.3) is 0 Å². The van der Waals surface area contributed by atoms with E-state index in [0.717, 1.165) is 51.4 Å². The van der Waals surface area contributed by atoms with Gasteiger partial charge in [-0.05, 0) is 48.4 Å². The molecular weight excluding hydrogens is 363 g/mol. The Hall–Kier alpha value is -2.95. The summed E-state index contributed by atoms with van der Waals surface area (Å²) in [6.07, 6.45) is 5.17. The van der Waals surface area contributed by atoms with Crippen LogP contribution in [0.3, 0.4) is 0 Å². The molecule has 1 atom stereocenters. The Bertz CT molecular complexity index is 983. The van der Waals surface area contributed by atoms with E-state index in [4.69, 9.17) is 4.98 Å². The van der Waals surface area contributed by atoms with Crippen LogP contribution in [0.1, 0.15) is 29.2 Å². The fraction of sp³-hybridized carbons (Fsp3) is 0.333. The Labute approximate surface area is 171 Å². The molecule has 0 spiro atoms. The largest absolute Gasteiger partial charge is 0.366 e. The smallest absolute Gasteiger partial charge is 0.225 e. The first-order chi connectivity index (χ1) is 14.3. The second-order valence-electron chi connectivity index (χ2n) is 7.92. The van der Waals surface area contributed by atoms with Crippen LogP contribution >= 0.6 is 0 Å². The molecule has 29 heavy (non-hydrogen) atoms. The molecule has 2 heterocycles. The molecular formula is C24H25FN4. The summed E-state index contributed by atoms with van der Waals surface area (Å²) >= 11 is 0. The average Bonchev–Trinajstić information content (AvgIpc) is 2.79. The third-order valence-electron chi connectivity index (χ3n) is 6.16. The maximum atomic E-state index is 14.1. The van der Waals surface area contributed by atoms with Crippen LogP contribution in [0.4, 0.5) is 16.0 Å². The molecule has 4 nitrogen and oxygen atoms in total. The first kappa shape index (κ1) is 18.1. The van der Waals surface area contributed by atoms with Gasteiger partial charge in [0, 0.05) is 38.1 Å². The van der Waals surface area contributed by atoms with Crippen molar-refractivity contribution >= 4 is 11.6 Å². The highest BCUT2D eigenvalue weighted by molar-refractivity contribution is 5.49. The van der Waals surface area contributed by atoms with Gasteiger partial charge in [-0.15, -0.1) is 0 Å². The van der Waals surface area contributed by atoms with Crippen molar-refractivity contribution in [3.05, 3.63) is 83.4 Å². The van der Waals surface area contributed by atoms with Crippen LogP contribution in [-0.2, 0) is 12.8 Å². The number of fused-ring (bicyclic) bond motifs is 1. The summed E-state index contributed by atoms with van der Waals surface area (Å²) < 4.78 is 14.1. The van der Waals surface area contributed by atoms with Crippen molar-refractivity contribution in [2.45, 2.75) is 25.2 Å². The fourth-order valence-corrected chi connectivity index (χ4v) is 4.51. The summed E-state index contributed by atoms with van der Waals surface area (Å²) in [5.74, 6) is 1.22. The number of anilines is 2. The third-order valence-corrected chi connectivity index (χ3v) is 6.16. The van der Waals surface area contributed by atoms with Gasteiger partial charge in [-0.1, -0.05) is 42.5 Å². The number of piperazine rings is 1. The monoisotopic (exact) mass is 388 g/mol. The van der Waals surface area contributed by atoms with E-state index in [9.17, 15) is 4.39 Å². The number of aromatic nitrogens is 2. The van der Waals surface area contributed by atoms with Gasteiger partial charge in [0.1, 0.15) is 5.82 Å². The summed E-state index contributed by atoms with van der Waals surface area (Å²) in [6.45, 7) is 3.16. The molecule has 1 fully saturated rings. The minimum absolute atomic E-state index is 0.154. The Kier molecular flexibility index (Phi) is 4.88. The van der Waals surface area contributed by atoms with E-state index in [-0.39, 0.29) is 5.82 Å². The van der Waals surface area contributed by atoms with Crippen LogP contribution < -0.4 is 9.80 Å². The molecule has 1 unspecified atom stereocenters. The number of nitrogens with zero attached hydrogens (tertiary/aromatic N) is 4. The zero-order valence-electron chi connectivity index (χ0n) is 16.5. The van der Waals surface area contributed by atoms with Gasteiger partial charge in [-0.3, -0.25) is 0 Å². The highest BCUT2D eigenvalue weighted by Crippen LogP contribution is 2.32. The number of hydrogen-bond donors (Lipinski definition) is 0. The highest BCUT2D eigenvalue weighted by atomic mass is 19.1. The van der Waals surface area contributed by atoms with Crippen molar-refractivity contribution in [1.82, 2.24) is 9.97 Å². The van der Waals surface area contributed by atoms with Crippen molar-refractivity contribution in [1.29, 1.82) is 0 Å². The number of para-hydroxylation sites is 1. The molecule has 1 saturated heterocycles. The van der Waals surface area contributed by atoms with Crippen LogP contribution in [0, 0.1) is 5.82 Å². The van der Waals surface area contributed by atoms with Crippen molar-refractivity contribution in [3.8, 4) is 0 Å². The lowest BCUT2D eigenvalue weighted by atomic mass is 9.83.